The monoisotopic (exact) mass is 468 g/mol. The third kappa shape index (κ3) is 6.07. The summed E-state index contributed by atoms with van der Waals surface area (Å²) in [5.74, 6) is 0.996. The van der Waals surface area contributed by atoms with Crippen LogP contribution in [0.2, 0.25) is 0 Å². The molecule has 0 unspecified atom stereocenters. The van der Waals surface area contributed by atoms with Crippen LogP contribution in [0.3, 0.4) is 0 Å². The zero-order valence-electron chi connectivity index (χ0n) is 18.1. The van der Waals surface area contributed by atoms with Gasteiger partial charge in [0.05, 0.1) is 18.6 Å². The van der Waals surface area contributed by atoms with Gasteiger partial charge in [-0.2, -0.15) is 0 Å². The van der Waals surface area contributed by atoms with Crippen molar-refractivity contribution in [3.63, 3.8) is 0 Å². The van der Waals surface area contributed by atoms with E-state index in [0.717, 1.165) is 24.6 Å². The lowest BCUT2D eigenvalue weighted by atomic mass is 10.2. The van der Waals surface area contributed by atoms with E-state index < -0.39 is 0 Å². The Kier molecular flexibility index (Phi) is 7.19. The van der Waals surface area contributed by atoms with Crippen LogP contribution >= 0.6 is 11.8 Å². The Labute approximate surface area is 195 Å². The fourth-order valence-electron chi connectivity index (χ4n) is 3.15. The molecule has 9 heteroatoms. The lowest BCUT2D eigenvalue weighted by Crippen LogP contribution is -2.32. The van der Waals surface area contributed by atoms with E-state index in [4.69, 9.17) is 14.2 Å². The number of nitrogens with one attached hydrogen (secondary N) is 1. The van der Waals surface area contributed by atoms with Crippen LogP contribution < -0.4 is 19.5 Å². The molecule has 1 heterocycles. The quantitative estimate of drug-likeness (QED) is 0.534. The predicted molar refractivity (Wildman–Crippen MR) is 124 cm³/mol. The lowest BCUT2D eigenvalue weighted by Gasteiger charge is -2.13. The first-order valence-electron chi connectivity index (χ1n) is 10.6. The Morgan fingerprint density at radius 3 is 2.64 bits per heavy atom. The van der Waals surface area contributed by atoms with Gasteiger partial charge in [0.1, 0.15) is 12.4 Å². The van der Waals surface area contributed by atoms with Crippen LogP contribution in [0.1, 0.15) is 18.4 Å². The standard InChI is InChI=1S/C24H24N2O6S/c1-30-20-13-16(7-10-19(20)32-15-22(27)25-17-8-9-17)14-21-23(28)26(24(29)33-21)11-12-31-18-5-3-2-4-6-18/h2-7,10,13-14,17H,8-9,11-12,15H2,1H3,(H,25,27)/b21-14-. The number of carbonyl (C=O) groups excluding carboxylic acids is 3. The Hall–Kier alpha value is -3.46. The molecule has 1 saturated heterocycles. The van der Waals surface area contributed by atoms with Gasteiger partial charge < -0.3 is 19.5 Å². The molecule has 2 aliphatic rings. The molecule has 2 aromatic rings. The molecule has 1 aliphatic heterocycles. The molecule has 2 aromatic carbocycles. The van der Waals surface area contributed by atoms with E-state index in [0.29, 0.717) is 27.7 Å². The first kappa shape index (κ1) is 22.7. The number of rotatable bonds is 10. The number of hydrogen-bond acceptors (Lipinski definition) is 7. The number of hydrogen-bond donors (Lipinski definition) is 1. The van der Waals surface area contributed by atoms with Crippen LogP contribution in [-0.4, -0.2) is 54.9 Å². The minimum atomic E-state index is -0.363. The van der Waals surface area contributed by atoms with Crippen molar-refractivity contribution >= 4 is 34.9 Å². The van der Waals surface area contributed by atoms with Gasteiger partial charge in [-0.05, 0) is 60.5 Å². The van der Waals surface area contributed by atoms with E-state index in [1.807, 2.05) is 30.3 Å². The smallest absolute Gasteiger partial charge is 0.293 e. The van der Waals surface area contributed by atoms with Gasteiger partial charge in [0.15, 0.2) is 18.1 Å². The summed E-state index contributed by atoms with van der Waals surface area (Å²) >= 11 is 0.884. The Bertz CT molecular complexity index is 1070. The maximum atomic E-state index is 12.7. The number of benzene rings is 2. The highest BCUT2D eigenvalue weighted by atomic mass is 32.2. The fraction of sp³-hybridized carbons (Fsp3) is 0.292. The van der Waals surface area contributed by atoms with Crippen LogP contribution in [0, 0.1) is 0 Å². The van der Waals surface area contributed by atoms with Gasteiger partial charge in [-0.1, -0.05) is 24.3 Å². The number of carbonyl (C=O) groups is 3. The van der Waals surface area contributed by atoms with Gasteiger partial charge in [-0.3, -0.25) is 19.3 Å². The number of amides is 3. The average molecular weight is 469 g/mol. The number of nitrogens with zero attached hydrogens (tertiary/aromatic N) is 1. The minimum absolute atomic E-state index is 0.101. The van der Waals surface area contributed by atoms with Crippen molar-refractivity contribution in [3.05, 3.63) is 59.0 Å². The van der Waals surface area contributed by atoms with Gasteiger partial charge in [0, 0.05) is 6.04 Å². The number of imide groups is 1. The van der Waals surface area contributed by atoms with Crippen LogP contribution in [-0.2, 0) is 9.59 Å². The van der Waals surface area contributed by atoms with Crippen LogP contribution in [0.15, 0.2) is 53.4 Å². The molecular weight excluding hydrogens is 444 g/mol. The second-order valence-corrected chi connectivity index (χ2v) is 8.53. The molecule has 3 amide bonds. The van der Waals surface area contributed by atoms with E-state index in [9.17, 15) is 14.4 Å². The first-order chi connectivity index (χ1) is 16.0. The average Bonchev–Trinajstić information content (AvgIpc) is 3.60. The molecule has 0 spiro atoms. The lowest BCUT2D eigenvalue weighted by molar-refractivity contribution is -0.123. The second-order valence-electron chi connectivity index (χ2n) is 7.54. The van der Waals surface area contributed by atoms with Crippen LogP contribution in [0.4, 0.5) is 4.79 Å². The molecular formula is C24H24N2O6S. The zero-order valence-corrected chi connectivity index (χ0v) is 18.9. The van der Waals surface area contributed by atoms with E-state index in [1.54, 1.807) is 24.3 Å². The molecule has 4 rings (SSSR count). The van der Waals surface area contributed by atoms with Crippen molar-refractivity contribution in [1.82, 2.24) is 10.2 Å². The summed E-state index contributed by atoms with van der Waals surface area (Å²) < 4.78 is 16.5. The van der Waals surface area contributed by atoms with Crippen LogP contribution in [0.5, 0.6) is 17.2 Å². The molecule has 1 N–H and O–H groups in total. The van der Waals surface area contributed by atoms with Crippen molar-refractivity contribution in [3.8, 4) is 17.2 Å². The first-order valence-corrected chi connectivity index (χ1v) is 11.4. The van der Waals surface area contributed by atoms with Crippen molar-refractivity contribution < 1.29 is 28.6 Å². The highest BCUT2D eigenvalue weighted by Gasteiger charge is 2.34. The third-order valence-electron chi connectivity index (χ3n) is 4.99. The van der Waals surface area contributed by atoms with Crippen molar-refractivity contribution in [2.75, 3.05) is 26.9 Å². The van der Waals surface area contributed by atoms with Crippen molar-refractivity contribution in [2.24, 2.45) is 0 Å². The molecule has 0 aromatic heterocycles. The minimum Gasteiger partial charge on any atom is -0.493 e. The Morgan fingerprint density at radius 2 is 1.91 bits per heavy atom. The summed E-state index contributed by atoms with van der Waals surface area (Å²) in [7, 11) is 1.50. The summed E-state index contributed by atoms with van der Waals surface area (Å²) in [5, 5.41) is 2.52. The third-order valence-corrected chi connectivity index (χ3v) is 5.89. The maximum Gasteiger partial charge on any atom is 0.293 e. The molecule has 1 saturated carbocycles. The summed E-state index contributed by atoms with van der Waals surface area (Å²) in [6.45, 7) is 0.273. The van der Waals surface area contributed by atoms with Gasteiger partial charge in [0.25, 0.3) is 17.1 Å². The molecule has 8 nitrogen and oxygen atoms in total. The highest BCUT2D eigenvalue weighted by molar-refractivity contribution is 8.18. The van der Waals surface area contributed by atoms with E-state index in [-0.39, 0.29) is 42.9 Å². The van der Waals surface area contributed by atoms with E-state index in [2.05, 4.69) is 5.32 Å². The van der Waals surface area contributed by atoms with E-state index in [1.165, 1.54) is 12.0 Å². The Morgan fingerprint density at radius 1 is 1.12 bits per heavy atom. The summed E-state index contributed by atoms with van der Waals surface area (Å²) in [6.07, 6.45) is 3.65. The highest BCUT2D eigenvalue weighted by Crippen LogP contribution is 2.34. The van der Waals surface area contributed by atoms with E-state index >= 15 is 0 Å². The van der Waals surface area contributed by atoms with Crippen molar-refractivity contribution in [1.29, 1.82) is 0 Å². The molecule has 2 fully saturated rings. The largest absolute Gasteiger partial charge is 0.493 e. The van der Waals surface area contributed by atoms with Gasteiger partial charge >= 0.3 is 0 Å². The molecule has 33 heavy (non-hydrogen) atoms. The SMILES string of the molecule is COc1cc(/C=C2\SC(=O)N(CCOc3ccccc3)C2=O)ccc1OCC(=O)NC1CC1. The molecule has 0 radical (unpaired) electrons. The second kappa shape index (κ2) is 10.4. The fourth-order valence-corrected chi connectivity index (χ4v) is 4.01. The molecule has 1 aliphatic carbocycles. The molecule has 0 bridgehead atoms. The maximum absolute atomic E-state index is 12.7. The number of para-hydroxylation sites is 1. The number of thioether (sulfide) groups is 1. The molecule has 0 atom stereocenters. The number of ether oxygens (including phenoxy) is 3. The summed E-state index contributed by atoms with van der Waals surface area (Å²) in [6, 6.07) is 14.6. The zero-order chi connectivity index (χ0) is 23.2. The predicted octanol–water partition coefficient (Wildman–Crippen LogP) is 3.47. The van der Waals surface area contributed by atoms with Crippen LogP contribution in [0.25, 0.3) is 6.08 Å². The Balaban J connectivity index is 1.36. The normalized spacial score (nSPS) is 16.8. The number of methoxy groups -OCH3 is 1. The van der Waals surface area contributed by atoms with Gasteiger partial charge in [0.2, 0.25) is 0 Å². The molecule has 172 valence electrons. The summed E-state index contributed by atoms with van der Waals surface area (Å²) in [4.78, 5) is 38.4. The van der Waals surface area contributed by atoms with Crippen molar-refractivity contribution in [2.45, 2.75) is 18.9 Å². The van der Waals surface area contributed by atoms with Gasteiger partial charge in [-0.15, -0.1) is 0 Å². The topological polar surface area (TPSA) is 94.2 Å². The summed E-state index contributed by atoms with van der Waals surface area (Å²) in [5.41, 5.74) is 0.674. The van der Waals surface area contributed by atoms with Gasteiger partial charge in [-0.25, -0.2) is 0 Å².